The van der Waals surface area contributed by atoms with Crippen LogP contribution in [0.2, 0.25) is 0 Å². The van der Waals surface area contributed by atoms with Crippen molar-refractivity contribution in [3.05, 3.63) is 18.0 Å². The van der Waals surface area contributed by atoms with Gasteiger partial charge in [-0.1, -0.05) is 25.7 Å². The van der Waals surface area contributed by atoms with Gasteiger partial charge >= 0.3 is 0 Å². The van der Waals surface area contributed by atoms with E-state index in [-0.39, 0.29) is 6.10 Å². The Morgan fingerprint density at radius 1 is 1.35 bits per heavy atom. The van der Waals surface area contributed by atoms with Crippen molar-refractivity contribution >= 4 is 0 Å². The molecule has 0 saturated heterocycles. The third kappa shape index (κ3) is 3.56. The van der Waals surface area contributed by atoms with Gasteiger partial charge in [0.25, 0.3) is 0 Å². The van der Waals surface area contributed by atoms with E-state index in [2.05, 4.69) is 18.2 Å². The predicted molar refractivity (Wildman–Crippen MR) is 68.8 cm³/mol. The molecule has 1 N–H and O–H groups in total. The van der Waals surface area contributed by atoms with Gasteiger partial charge in [0.1, 0.15) is 0 Å². The lowest BCUT2D eigenvalue weighted by Crippen LogP contribution is -2.22. The van der Waals surface area contributed by atoms with Crippen LogP contribution < -0.4 is 0 Å². The third-order valence-corrected chi connectivity index (χ3v) is 3.90. The molecule has 3 heteroatoms. The van der Waals surface area contributed by atoms with E-state index in [4.69, 9.17) is 0 Å². The largest absolute Gasteiger partial charge is 0.392 e. The van der Waals surface area contributed by atoms with Gasteiger partial charge in [-0.15, -0.1) is 0 Å². The molecular formula is C14H24N2O. The van der Waals surface area contributed by atoms with Gasteiger partial charge in [0, 0.05) is 19.2 Å². The van der Waals surface area contributed by atoms with E-state index in [0.29, 0.717) is 5.92 Å². The minimum Gasteiger partial charge on any atom is -0.392 e. The smallest absolute Gasteiger partial charge is 0.0609 e. The summed E-state index contributed by atoms with van der Waals surface area (Å²) in [5, 5.41) is 14.6. The van der Waals surface area contributed by atoms with Gasteiger partial charge in [0.2, 0.25) is 0 Å². The van der Waals surface area contributed by atoms with E-state index in [9.17, 15) is 5.11 Å². The summed E-state index contributed by atoms with van der Waals surface area (Å²) in [6.07, 6.45) is 12.2. The highest BCUT2D eigenvalue weighted by atomic mass is 16.3. The second kappa shape index (κ2) is 6.20. The molecule has 3 nitrogen and oxygen atoms in total. The second-order valence-electron chi connectivity index (χ2n) is 5.23. The maximum absolute atomic E-state index is 10.3. The van der Waals surface area contributed by atoms with Crippen LogP contribution in [0.25, 0.3) is 0 Å². The van der Waals surface area contributed by atoms with Crippen LogP contribution in [0.3, 0.4) is 0 Å². The van der Waals surface area contributed by atoms with E-state index in [1.54, 1.807) is 0 Å². The van der Waals surface area contributed by atoms with E-state index in [1.165, 1.54) is 44.1 Å². The Labute approximate surface area is 104 Å². The first kappa shape index (κ1) is 12.6. The summed E-state index contributed by atoms with van der Waals surface area (Å²) in [6.45, 7) is 2.98. The zero-order chi connectivity index (χ0) is 12.1. The zero-order valence-corrected chi connectivity index (χ0v) is 10.8. The summed E-state index contributed by atoms with van der Waals surface area (Å²) in [4.78, 5) is 0. The zero-order valence-electron chi connectivity index (χ0n) is 10.8. The maximum Gasteiger partial charge on any atom is 0.0609 e. The Hall–Kier alpha value is -0.830. The first-order chi connectivity index (χ1) is 8.29. The molecule has 1 unspecified atom stereocenters. The fraction of sp³-hybridized carbons (Fsp3) is 0.786. The first-order valence-electron chi connectivity index (χ1n) is 6.99. The number of hydrogen-bond acceptors (Lipinski definition) is 2. The van der Waals surface area contributed by atoms with Crippen molar-refractivity contribution in [2.24, 2.45) is 5.92 Å². The van der Waals surface area contributed by atoms with Crippen LogP contribution in [-0.2, 0) is 13.0 Å². The molecule has 0 aliphatic heterocycles. The van der Waals surface area contributed by atoms with Gasteiger partial charge < -0.3 is 5.11 Å². The molecule has 0 bridgehead atoms. The molecule has 0 spiro atoms. The van der Waals surface area contributed by atoms with Gasteiger partial charge in [0.15, 0.2) is 0 Å². The minimum absolute atomic E-state index is 0.178. The van der Waals surface area contributed by atoms with Crippen molar-refractivity contribution in [1.82, 2.24) is 9.78 Å². The van der Waals surface area contributed by atoms with Crippen LogP contribution in [-0.4, -0.2) is 21.0 Å². The molecule has 96 valence electrons. The molecule has 1 atom stereocenters. The molecule has 0 amide bonds. The van der Waals surface area contributed by atoms with Crippen LogP contribution >= 0.6 is 0 Å². The molecule has 1 aromatic rings. The van der Waals surface area contributed by atoms with Gasteiger partial charge in [-0.25, -0.2) is 0 Å². The monoisotopic (exact) mass is 236 g/mol. The molecule has 1 heterocycles. The summed E-state index contributed by atoms with van der Waals surface area (Å²) in [6, 6.07) is 0. The number of hydrogen-bond donors (Lipinski definition) is 1. The highest BCUT2D eigenvalue weighted by Gasteiger charge is 2.21. The van der Waals surface area contributed by atoms with Gasteiger partial charge in [0.05, 0.1) is 12.3 Å². The molecule has 1 aliphatic carbocycles. The van der Waals surface area contributed by atoms with Crippen molar-refractivity contribution < 1.29 is 5.11 Å². The average Bonchev–Trinajstić information content (AvgIpc) is 2.62. The molecule has 2 rings (SSSR count). The van der Waals surface area contributed by atoms with Crippen molar-refractivity contribution in [2.75, 3.05) is 0 Å². The van der Waals surface area contributed by atoms with E-state index >= 15 is 0 Å². The lowest BCUT2D eigenvalue weighted by atomic mass is 9.91. The number of aliphatic hydroxyl groups excluding tert-OH is 1. The minimum atomic E-state index is -0.178. The van der Waals surface area contributed by atoms with Crippen LogP contribution in [0.5, 0.6) is 0 Å². The summed E-state index contributed by atoms with van der Waals surface area (Å²) in [7, 11) is 0. The number of rotatable bonds is 4. The van der Waals surface area contributed by atoms with Crippen LogP contribution in [0.4, 0.5) is 0 Å². The summed E-state index contributed by atoms with van der Waals surface area (Å²) in [5.74, 6) is 0.502. The van der Waals surface area contributed by atoms with Crippen LogP contribution in [0.15, 0.2) is 12.4 Å². The Morgan fingerprint density at radius 2 is 2.06 bits per heavy atom. The van der Waals surface area contributed by atoms with Crippen LogP contribution in [0.1, 0.15) is 51.0 Å². The molecule has 1 aromatic heterocycles. The van der Waals surface area contributed by atoms with Crippen molar-refractivity contribution in [2.45, 2.75) is 64.5 Å². The summed E-state index contributed by atoms with van der Waals surface area (Å²) in [5.41, 5.74) is 1.17. The number of aliphatic hydroxyl groups is 1. The summed E-state index contributed by atoms with van der Waals surface area (Å²) >= 11 is 0. The highest BCUT2D eigenvalue weighted by Crippen LogP contribution is 2.27. The van der Waals surface area contributed by atoms with E-state index in [1.807, 2.05) is 10.9 Å². The normalized spacial score (nSPS) is 20.1. The van der Waals surface area contributed by atoms with E-state index in [0.717, 1.165) is 13.0 Å². The van der Waals surface area contributed by atoms with Crippen LogP contribution in [0, 0.1) is 5.92 Å². The standard InChI is InChI=1S/C14H24N2O/c1-2-16-11-12(10-15-16)9-14(17)13-7-5-3-4-6-8-13/h10-11,13-14,17H,2-9H2,1H3. The molecule has 1 fully saturated rings. The van der Waals surface area contributed by atoms with Gasteiger partial charge in [-0.3, -0.25) is 4.68 Å². The first-order valence-corrected chi connectivity index (χ1v) is 6.99. The molecule has 1 saturated carbocycles. The molecule has 1 aliphatic rings. The lowest BCUT2D eigenvalue weighted by Gasteiger charge is -2.20. The Morgan fingerprint density at radius 3 is 2.65 bits per heavy atom. The number of nitrogens with zero attached hydrogens (tertiary/aromatic N) is 2. The van der Waals surface area contributed by atoms with Crippen molar-refractivity contribution in [3.8, 4) is 0 Å². The lowest BCUT2D eigenvalue weighted by molar-refractivity contribution is 0.0986. The topological polar surface area (TPSA) is 38.0 Å². The molecule has 0 radical (unpaired) electrons. The Kier molecular flexibility index (Phi) is 4.60. The number of aryl methyl sites for hydroxylation is 1. The molecular weight excluding hydrogens is 212 g/mol. The average molecular weight is 236 g/mol. The fourth-order valence-electron chi connectivity index (χ4n) is 2.79. The van der Waals surface area contributed by atoms with Crippen molar-refractivity contribution in [3.63, 3.8) is 0 Å². The fourth-order valence-corrected chi connectivity index (χ4v) is 2.79. The van der Waals surface area contributed by atoms with E-state index < -0.39 is 0 Å². The van der Waals surface area contributed by atoms with Gasteiger partial charge in [-0.2, -0.15) is 5.10 Å². The highest BCUT2D eigenvalue weighted by molar-refractivity contribution is 5.05. The van der Waals surface area contributed by atoms with Gasteiger partial charge in [-0.05, 0) is 31.2 Å². The number of aromatic nitrogens is 2. The Bertz CT molecular complexity index is 327. The quantitative estimate of drug-likeness (QED) is 0.816. The Balaban J connectivity index is 1.88. The maximum atomic E-state index is 10.3. The third-order valence-electron chi connectivity index (χ3n) is 3.90. The summed E-state index contributed by atoms with van der Waals surface area (Å²) < 4.78 is 1.93. The van der Waals surface area contributed by atoms with Crippen molar-refractivity contribution in [1.29, 1.82) is 0 Å². The molecule has 17 heavy (non-hydrogen) atoms. The predicted octanol–water partition coefficient (Wildman–Crippen LogP) is 2.78. The SMILES string of the molecule is CCn1cc(CC(O)C2CCCCCC2)cn1. The second-order valence-corrected chi connectivity index (χ2v) is 5.23. The molecule has 0 aromatic carbocycles.